The molecule has 0 radical (unpaired) electrons. The largest absolute Gasteiger partial charge is 0.366 e. The summed E-state index contributed by atoms with van der Waals surface area (Å²) in [6, 6.07) is 14.6. The second kappa shape index (κ2) is 7.72. The summed E-state index contributed by atoms with van der Waals surface area (Å²) >= 11 is 6.11. The molecule has 3 aromatic rings. The van der Waals surface area contributed by atoms with Gasteiger partial charge in [0.15, 0.2) is 0 Å². The van der Waals surface area contributed by atoms with Crippen molar-refractivity contribution in [3.63, 3.8) is 0 Å². The van der Waals surface area contributed by atoms with Gasteiger partial charge < -0.3 is 10.6 Å². The number of benzene rings is 2. The zero-order valence-corrected chi connectivity index (χ0v) is 13.8. The van der Waals surface area contributed by atoms with E-state index in [2.05, 4.69) is 20.6 Å². The molecule has 0 aliphatic heterocycles. The zero-order valence-electron chi connectivity index (χ0n) is 13.0. The highest BCUT2D eigenvalue weighted by Gasteiger charge is 2.10. The summed E-state index contributed by atoms with van der Waals surface area (Å²) in [4.78, 5) is 20.3. The Morgan fingerprint density at radius 3 is 2.72 bits per heavy atom. The average Bonchev–Trinajstić information content (AvgIpc) is 2.61. The highest BCUT2D eigenvalue weighted by atomic mass is 35.5. The van der Waals surface area contributed by atoms with Gasteiger partial charge in [-0.2, -0.15) is 0 Å². The molecule has 5 nitrogen and oxygen atoms in total. The third kappa shape index (κ3) is 4.51. The quantitative estimate of drug-likeness (QED) is 0.721. The SMILES string of the molecule is O=C(Nc1cccc(F)c1)c1cc(NCc2ccccc2Cl)ncn1. The van der Waals surface area contributed by atoms with Crippen LogP contribution in [-0.4, -0.2) is 15.9 Å². The number of hydrogen-bond acceptors (Lipinski definition) is 4. The van der Waals surface area contributed by atoms with Crippen molar-refractivity contribution in [2.45, 2.75) is 6.54 Å². The van der Waals surface area contributed by atoms with Crippen LogP contribution in [0.4, 0.5) is 15.9 Å². The maximum atomic E-state index is 13.2. The number of anilines is 2. The minimum absolute atomic E-state index is 0.168. The maximum absolute atomic E-state index is 13.2. The van der Waals surface area contributed by atoms with E-state index in [4.69, 9.17) is 11.6 Å². The van der Waals surface area contributed by atoms with Crippen LogP contribution >= 0.6 is 11.6 Å². The van der Waals surface area contributed by atoms with Crippen LogP contribution in [0, 0.1) is 5.82 Å². The van der Waals surface area contributed by atoms with Gasteiger partial charge in [-0.1, -0.05) is 35.9 Å². The van der Waals surface area contributed by atoms with Crippen LogP contribution in [-0.2, 0) is 6.54 Å². The molecule has 1 heterocycles. The van der Waals surface area contributed by atoms with Crippen molar-refractivity contribution in [3.8, 4) is 0 Å². The third-order valence-electron chi connectivity index (χ3n) is 3.40. The molecule has 2 aromatic carbocycles. The number of halogens is 2. The Morgan fingerprint density at radius 2 is 1.92 bits per heavy atom. The first kappa shape index (κ1) is 16.9. The van der Waals surface area contributed by atoms with Gasteiger partial charge in [-0.05, 0) is 29.8 Å². The maximum Gasteiger partial charge on any atom is 0.274 e. The lowest BCUT2D eigenvalue weighted by Gasteiger charge is -2.09. The average molecular weight is 357 g/mol. The molecule has 25 heavy (non-hydrogen) atoms. The van der Waals surface area contributed by atoms with Crippen LogP contribution in [0.15, 0.2) is 60.9 Å². The molecule has 0 atom stereocenters. The van der Waals surface area contributed by atoms with E-state index in [1.807, 2.05) is 18.2 Å². The number of nitrogens with one attached hydrogen (secondary N) is 2. The van der Waals surface area contributed by atoms with Crippen LogP contribution in [0.2, 0.25) is 5.02 Å². The minimum atomic E-state index is -0.450. The van der Waals surface area contributed by atoms with Gasteiger partial charge in [0, 0.05) is 23.3 Å². The van der Waals surface area contributed by atoms with Crippen LogP contribution in [0.25, 0.3) is 0 Å². The van der Waals surface area contributed by atoms with E-state index >= 15 is 0 Å². The van der Waals surface area contributed by atoms with Gasteiger partial charge in [0.05, 0.1) is 0 Å². The lowest BCUT2D eigenvalue weighted by atomic mass is 10.2. The van der Waals surface area contributed by atoms with E-state index in [9.17, 15) is 9.18 Å². The van der Waals surface area contributed by atoms with Crippen molar-refractivity contribution in [1.29, 1.82) is 0 Å². The van der Waals surface area contributed by atoms with E-state index in [1.165, 1.54) is 30.6 Å². The number of rotatable bonds is 5. The topological polar surface area (TPSA) is 66.9 Å². The van der Waals surface area contributed by atoms with Crippen molar-refractivity contribution in [3.05, 3.63) is 83.0 Å². The first-order chi connectivity index (χ1) is 12.1. The second-order valence-corrected chi connectivity index (χ2v) is 5.61. The molecule has 0 aliphatic carbocycles. The Kier molecular flexibility index (Phi) is 5.20. The normalized spacial score (nSPS) is 10.3. The molecule has 126 valence electrons. The van der Waals surface area contributed by atoms with Gasteiger partial charge in [0.25, 0.3) is 5.91 Å². The number of carbonyl (C=O) groups is 1. The molecular weight excluding hydrogens is 343 g/mol. The number of nitrogens with zero attached hydrogens (tertiary/aromatic N) is 2. The molecule has 0 bridgehead atoms. The summed E-state index contributed by atoms with van der Waals surface area (Å²) < 4.78 is 13.2. The van der Waals surface area contributed by atoms with E-state index in [0.717, 1.165) is 5.56 Å². The van der Waals surface area contributed by atoms with E-state index < -0.39 is 11.7 Å². The number of amides is 1. The standard InChI is InChI=1S/C18H14ClFN4O/c19-15-7-2-1-4-12(15)10-21-17-9-16(22-11-23-17)18(25)24-14-6-3-5-13(20)8-14/h1-9,11H,10H2,(H,24,25)(H,21,22,23). The predicted molar refractivity (Wildman–Crippen MR) is 95.2 cm³/mol. The summed E-state index contributed by atoms with van der Waals surface area (Å²) in [5.74, 6) is -0.393. The molecule has 0 saturated heterocycles. The molecule has 0 unspecified atom stereocenters. The summed E-state index contributed by atoms with van der Waals surface area (Å²) in [6.07, 6.45) is 1.29. The lowest BCUT2D eigenvalue weighted by Crippen LogP contribution is -2.14. The highest BCUT2D eigenvalue weighted by Crippen LogP contribution is 2.17. The monoisotopic (exact) mass is 356 g/mol. The second-order valence-electron chi connectivity index (χ2n) is 5.20. The Bertz CT molecular complexity index is 904. The molecule has 7 heteroatoms. The van der Waals surface area contributed by atoms with Gasteiger partial charge >= 0.3 is 0 Å². The highest BCUT2D eigenvalue weighted by molar-refractivity contribution is 6.31. The molecule has 2 N–H and O–H groups in total. The molecule has 1 aromatic heterocycles. The Balaban J connectivity index is 1.68. The van der Waals surface area contributed by atoms with Crippen LogP contribution in [0.3, 0.4) is 0 Å². The fourth-order valence-electron chi connectivity index (χ4n) is 2.17. The molecule has 0 saturated carbocycles. The number of carbonyl (C=O) groups excluding carboxylic acids is 1. The van der Waals surface area contributed by atoms with Crippen molar-refractivity contribution in [2.75, 3.05) is 10.6 Å². The molecule has 0 fully saturated rings. The fraction of sp³-hybridized carbons (Fsp3) is 0.0556. The summed E-state index contributed by atoms with van der Waals surface area (Å²) in [6.45, 7) is 0.460. The first-order valence-electron chi connectivity index (χ1n) is 7.48. The van der Waals surface area contributed by atoms with Crippen molar-refractivity contribution < 1.29 is 9.18 Å². The smallest absolute Gasteiger partial charge is 0.274 e. The van der Waals surface area contributed by atoms with Crippen molar-refractivity contribution >= 4 is 29.0 Å². The fourth-order valence-corrected chi connectivity index (χ4v) is 2.37. The lowest BCUT2D eigenvalue weighted by molar-refractivity contribution is 0.102. The van der Waals surface area contributed by atoms with Gasteiger partial charge in [-0.3, -0.25) is 4.79 Å². The van der Waals surface area contributed by atoms with E-state index in [1.54, 1.807) is 12.1 Å². The molecule has 0 aliphatic rings. The number of aromatic nitrogens is 2. The Hall–Kier alpha value is -2.99. The summed E-state index contributed by atoms with van der Waals surface area (Å²) in [5, 5.41) is 6.33. The summed E-state index contributed by atoms with van der Waals surface area (Å²) in [7, 11) is 0. The summed E-state index contributed by atoms with van der Waals surface area (Å²) in [5.41, 5.74) is 1.43. The van der Waals surface area contributed by atoms with Crippen LogP contribution in [0.1, 0.15) is 16.1 Å². The van der Waals surface area contributed by atoms with Crippen LogP contribution < -0.4 is 10.6 Å². The van der Waals surface area contributed by atoms with Crippen LogP contribution in [0.5, 0.6) is 0 Å². The zero-order chi connectivity index (χ0) is 17.6. The molecule has 1 amide bonds. The van der Waals surface area contributed by atoms with Gasteiger partial charge in [0.2, 0.25) is 0 Å². The van der Waals surface area contributed by atoms with Gasteiger partial charge in [0.1, 0.15) is 23.7 Å². The first-order valence-corrected chi connectivity index (χ1v) is 7.86. The predicted octanol–water partition coefficient (Wildman–Crippen LogP) is 4.13. The Morgan fingerprint density at radius 1 is 1.08 bits per heavy atom. The van der Waals surface area contributed by atoms with Gasteiger partial charge in [-0.25, -0.2) is 14.4 Å². The Labute approximate surface area is 148 Å². The van der Waals surface area contributed by atoms with Gasteiger partial charge in [-0.15, -0.1) is 0 Å². The molecular formula is C18H14ClFN4O. The molecule has 0 spiro atoms. The van der Waals surface area contributed by atoms with Crippen molar-refractivity contribution in [2.24, 2.45) is 0 Å². The third-order valence-corrected chi connectivity index (χ3v) is 3.77. The van der Waals surface area contributed by atoms with E-state index in [-0.39, 0.29) is 5.69 Å². The van der Waals surface area contributed by atoms with E-state index in [0.29, 0.717) is 23.1 Å². The molecule has 3 rings (SSSR count). The van der Waals surface area contributed by atoms with Crippen molar-refractivity contribution in [1.82, 2.24) is 9.97 Å². The number of hydrogen-bond donors (Lipinski definition) is 2. The minimum Gasteiger partial charge on any atom is -0.366 e.